The van der Waals surface area contributed by atoms with Gasteiger partial charge in [-0.2, -0.15) is 5.10 Å². The van der Waals surface area contributed by atoms with Gasteiger partial charge in [-0.25, -0.2) is 0 Å². The van der Waals surface area contributed by atoms with Gasteiger partial charge in [-0.15, -0.1) is 0 Å². The molecule has 0 radical (unpaired) electrons. The predicted octanol–water partition coefficient (Wildman–Crippen LogP) is 0.944. The third-order valence-electron chi connectivity index (χ3n) is 1.88. The molecule has 3 heteroatoms. The first-order valence-corrected chi connectivity index (χ1v) is 4.94. The zero-order valence-corrected chi connectivity index (χ0v) is 9.09. The van der Waals surface area contributed by atoms with Gasteiger partial charge in [-0.3, -0.25) is 4.68 Å². The van der Waals surface area contributed by atoms with Crippen LogP contribution in [0.4, 0.5) is 0 Å². The zero-order chi connectivity index (χ0) is 10.4. The number of hydrogen-bond acceptors (Lipinski definition) is 2. The summed E-state index contributed by atoms with van der Waals surface area (Å²) in [6.07, 6.45) is 4.09. The molecule has 0 atom stereocenters. The molecule has 0 aliphatic heterocycles. The number of nitrogens with zero attached hydrogens (tertiary/aromatic N) is 2. The molecule has 0 spiro atoms. The van der Waals surface area contributed by atoms with Gasteiger partial charge in [0, 0.05) is 13.2 Å². The highest BCUT2D eigenvalue weighted by atomic mass is 15.2. The van der Waals surface area contributed by atoms with Gasteiger partial charge in [-0.05, 0) is 13.5 Å². The number of hydrogen-bond donors (Lipinski definition) is 1. The van der Waals surface area contributed by atoms with Crippen LogP contribution in [0.3, 0.4) is 0 Å². The third-order valence-corrected chi connectivity index (χ3v) is 1.88. The molecule has 0 saturated carbocycles. The minimum Gasteiger partial charge on any atom is -0.309 e. The van der Waals surface area contributed by atoms with Crippen molar-refractivity contribution in [3.8, 4) is 11.8 Å². The summed E-state index contributed by atoms with van der Waals surface area (Å²) < 4.78 is 1.83. The first-order chi connectivity index (χ1) is 6.77. The van der Waals surface area contributed by atoms with Gasteiger partial charge < -0.3 is 5.32 Å². The monoisotopic (exact) mass is 191 g/mol. The number of rotatable bonds is 3. The van der Waals surface area contributed by atoms with Crippen molar-refractivity contribution in [1.29, 1.82) is 0 Å². The van der Waals surface area contributed by atoms with Crippen LogP contribution in [0, 0.1) is 11.8 Å². The lowest BCUT2D eigenvalue weighted by Gasteiger charge is -1.91. The Morgan fingerprint density at radius 2 is 2.36 bits per heavy atom. The summed E-state index contributed by atoms with van der Waals surface area (Å²) in [5.74, 6) is 6.17. The number of aromatic nitrogens is 2. The normalized spacial score (nSPS) is 9.64. The highest BCUT2D eigenvalue weighted by molar-refractivity contribution is 5.36. The Hall–Kier alpha value is -1.27. The maximum atomic E-state index is 4.37. The Morgan fingerprint density at radius 3 is 3.00 bits per heavy atom. The summed E-state index contributed by atoms with van der Waals surface area (Å²) in [7, 11) is 3.83. The van der Waals surface area contributed by atoms with E-state index in [2.05, 4.69) is 29.2 Å². The van der Waals surface area contributed by atoms with Gasteiger partial charge in [0.1, 0.15) is 0 Å². The Labute approximate surface area is 85.5 Å². The smallest absolute Gasteiger partial charge is 0.0780 e. The summed E-state index contributed by atoms with van der Waals surface area (Å²) in [6, 6.07) is 0. The van der Waals surface area contributed by atoms with Gasteiger partial charge in [0.15, 0.2) is 0 Å². The van der Waals surface area contributed by atoms with E-state index < -0.39 is 0 Å². The SMILES string of the molecule is CCCc1nn(C)cc1C#CCNC. The van der Waals surface area contributed by atoms with Gasteiger partial charge in [0.25, 0.3) is 0 Å². The standard InChI is InChI=1S/C11H17N3/c1-4-6-11-10(7-5-8-12-2)9-14(3)13-11/h9,12H,4,6,8H2,1-3H3. The zero-order valence-electron chi connectivity index (χ0n) is 9.09. The van der Waals surface area contributed by atoms with Gasteiger partial charge >= 0.3 is 0 Å². The fourth-order valence-electron chi connectivity index (χ4n) is 1.29. The van der Waals surface area contributed by atoms with Crippen LogP contribution in [0.1, 0.15) is 24.6 Å². The molecule has 0 aliphatic rings. The van der Waals surface area contributed by atoms with E-state index in [0.29, 0.717) is 0 Å². The van der Waals surface area contributed by atoms with E-state index >= 15 is 0 Å². The van der Waals surface area contributed by atoms with Crippen LogP contribution in [0.5, 0.6) is 0 Å². The molecule has 76 valence electrons. The Balaban J connectivity index is 2.80. The summed E-state index contributed by atoms with van der Waals surface area (Å²) in [5.41, 5.74) is 2.17. The average Bonchev–Trinajstić information content (AvgIpc) is 2.48. The lowest BCUT2D eigenvalue weighted by molar-refractivity contribution is 0.733. The average molecular weight is 191 g/mol. The topological polar surface area (TPSA) is 29.9 Å². The van der Waals surface area contributed by atoms with E-state index in [-0.39, 0.29) is 0 Å². The quantitative estimate of drug-likeness (QED) is 0.721. The number of aryl methyl sites for hydroxylation is 2. The van der Waals surface area contributed by atoms with E-state index in [0.717, 1.165) is 30.6 Å². The van der Waals surface area contributed by atoms with Crippen LogP contribution in [0.2, 0.25) is 0 Å². The summed E-state index contributed by atoms with van der Waals surface area (Å²) in [6.45, 7) is 2.87. The minimum atomic E-state index is 0.723. The van der Waals surface area contributed by atoms with E-state index in [1.807, 2.05) is 25.0 Å². The molecule has 1 aromatic rings. The largest absolute Gasteiger partial charge is 0.309 e. The lowest BCUT2D eigenvalue weighted by Crippen LogP contribution is -2.04. The van der Waals surface area contributed by atoms with Crippen LogP contribution in [-0.4, -0.2) is 23.4 Å². The lowest BCUT2D eigenvalue weighted by atomic mass is 10.2. The van der Waals surface area contributed by atoms with E-state index in [1.165, 1.54) is 0 Å². The van der Waals surface area contributed by atoms with Crippen LogP contribution in [0.15, 0.2) is 6.20 Å². The Kier molecular flexibility index (Phi) is 4.21. The highest BCUT2D eigenvalue weighted by Crippen LogP contribution is 2.06. The van der Waals surface area contributed by atoms with Gasteiger partial charge in [0.2, 0.25) is 0 Å². The molecule has 1 heterocycles. The maximum absolute atomic E-state index is 4.37. The van der Waals surface area contributed by atoms with Crippen molar-refractivity contribution < 1.29 is 0 Å². The molecule has 0 fully saturated rings. The second kappa shape index (κ2) is 5.46. The molecule has 0 aromatic carbocycles. The first-order valence-electron chi connectivity index (χ1n) is 4.94. The molecule has 0 unspecified atom stereocenters. The van der Waals surface area contributed by atoms with Gasteiger partial charge in [-0.1, -0.05) is 25.2 Å². The molecule has 14 heavy (non-hydrogen) atoms. The maximum Gasteiger partial charge on any atom is 0.0780 e. The van der Waals surface area contributed by atoms with E-state index in [4.69, 9.17) is 0 Å². The first kappa shape index (κ1) is 10.8. The van der Waals surface area contributed by atoms with Crippen molar-refractivity contribution in [3.63, 3.8) is 0 Å². The van der Waals surface area contributed by atoms with Crippen molar-refractivity contribution in [2.45, 2.75) is 19.8 Å². The van der Waals surface area contributed by atoms with Gasteiger partial charge in [0.05, 0.1) is 17.8 Å². The van der Waals surface area contributed by atoms with Crippen LogP contribution < -0.4 is 5.32 Å². The third kappa shape index (κ3) is 2.90. The second-order valence-electron chi connectivity index (χ2n) is 3.25. The Bertz CT molecular complexity index is 341. The number of nitrogens with one attached hydrogen (secondary N) is 1. The molecular weight excluding hydrogens is 174 g/mol. The summed E-state index contributed by atoms with van der Waals surface area (Å²) in [5, 5.41) is 7.37. The molecule has 0 saturated heterocycles. The van der Waals surface area contributed by atoms with Crippen molar-refractivity contribution in [1.82, 2.24) is 15.1 Å². The molecule has 1 aromatic heterocycles. The predicted molar refractivity (Wildman–Crippen MR) is 58.0 cm³/mol. The van der Waals surface area contributed by atoms with E-state index in [1.54, 1.807) is 0 Å². The summed E-state index contributed by atoms with van der Waals surface area (Å²) >= 11 is 0. The van der Waals surface area contributed by atoms with Crippen molar-refractivity contribution >= 4 is 0 Å². The van der Waals surface area contributed by atoms with Crippen molar-refractivity contribution in [2.75, 3.05) is 13.6 Å². The summed E-state index contributed by atoms with van der Waals surface area (Å²) in [4.78, 5) is 0. The molecular formula is C11H17N3. The van der Waals surface area contributed by atoms with Crippen molar-refractivity contribution in [2.24, 2.45) is 7.05 Å². The molecule has 0 aliphatic carbocycles. The van der Waals surface area contributed by atoms with Crippen LogP contribution >= 0.6 is 0 Å². The molecule has 0 bridgehead atoms. The minimum absolute atomic E-state index is 0.723. The molecule has 3 nitrogen and oxygen atoms in total. The van der Waals surface area contributed by atoms with E-state index in [9.17, 15) is 0 Å². The van der Waals surface area contributed by atoms with Crippen LogP contribution in [0.25, 0.3) is 0 Å². The second-order valence-corrected chi connectivity index (χ2v) is 3.25. The fourth-order valence-corrected chi connectivity index (χ4v) is 1.29. The van der Waals surface area contributed by atoms with Crippen molar-refractivity contribution in [3.05, 3.63) is 17.5 Å². The molecule has 1 rings (SSSR count). The van der Waals surface area contributed by atoms with Crippen LogP contribution in [-0.2, 0) is 13.5 Å². The molecule has 1 N–H and O–H groups in total. The Morgan fingerprint density at radius 1 is 1.57 bits per heavy atom. The highest BCUT2D eigenvalue weighted by Gasteiger charge is 2.03. The molecule has 0 amide bonds. The fraction of sp³-hybridized carbons (Fsp3) is 0.545.